The van der Waals surface area contributed by atoms with Crippen molar-refractivity contribution in [2.75, 3.05) is 7.11 Å². The molecule has 0 saturated carbocycles. The fourth-order valence-corrected chi connectivity index (χ4v) is 1.46. The van der Waals surface area contributed by atoms with Crippen LogP contribution in [0.4, 0.5) is 4.39 Å². The van der Waals surface area contributed by atoms with Gasteiger partial charge in [0.1, 0.15) is 5.82 Å². The minimum atomic E-state index is -0.901. The SMILES string of the molecule is COC(=O)CC(O)CCC(=O)c1ccc(F)cc1. The molecular weight excluding hydrogens is 239 g/mol. The minimum Gasteiger partial charge on any atom is -0.469 e. The van der Waals surface area contributed by atoms with Crippen molar-refractivity contribution < 1.29 is 23.8 Å². The third-order valence-corrected chi connectivity index (χ3v) is 2.50. The van der Waals surface area contributed by atoms with E-state index in [2.05, 4.69) is 4.74 Å². The van der Waals surface area contributed by atoms with Crippen molar-refractivity contribution in [2.24, 2.45) is 0 Å². The van der Waals surface area contributed by atoms with Gasteiger partial charge in [-0.3, -0.25) is 9.59 Å². The Balaban J connectivity index is 2.41. The number of benzene rings is 1. The molecule has 1 N–H and O–H groups in total. The summed E-state index contributed by atoms with van der Waals surface area (Å²) in [6, 6.07) is 5.20. The quantitative estimate of drug-likeness (QED) is 0.620. The molecule has 0 aliphatic rings. The van der Waals surface area contributed by atoms with E-state index in [1.54, 1.807) is 0 Å². The zero-order valence-electron chi connectivity index (χ0n) is 10.1. The first kappa shape index (κ1) is 14.3. The molecule has 0 fully saturated rings. The van der Waals surface area contributed by atoms with Gasteiger partial charge in [-0.15, -0.1) is 0 Å². The summed E-state index contributed by atoms with van der Waals surface area (Å²) < 4.78 is 17.0. The van der Waals surface area contributed by atoms with Crippen molar-refractivity contribution in [1.82, 2.24) is 0 Å². The lowest BCUT2D eigenvalue weighted by molar-refractivity contribution is -0.142. The Bertz CT molecular complexity index is 414. The summed E-state index contributed by atoms with van der Waals surface area (Å²) in [5.74, 6) is -1.12. The summed E-state index contributed by atoms with van der Waals surface area (Å²) in [6.45, 7) is 0. The second-order valence-corrected chi connectivity index (χ2v) is 3.90. The summed E-state index contributed by atoms with van der Waals surface area (Å²) in [6.07, 6.45) is -0.760. The Morgan fingerprint density at radius 2 is 1.94 bits per heavy atom. The van der Waals surface area contributed by atoms with Crippen molar-refractivity contribution in [3.63, 3.8) is 0 Å². The number of carbonyl (C=O) groups excluding carboxylic acids is 2. The fourth-order valence-electron chi connectivity index (χ4n) is 1.46. The van der Waals surface area contributed by atoms with Crippen molar-refractivity contribution >= 4 is 11.8 Å². The number of Topliss-reactive ketones (excluding diaryl/α,β-unsaturated/α-hetero) is 1. The molecule has 0 aliphatic carbocycles. The van der Waals surface area contributed by atoms with Gasteiger partial charge in [-0.1, -0.05) is 0 Å². The lowest BCUT2D eigenvalue weighted by Gasteiger charge is -2.08. The third kappa shape index (κ3) is 4.63. The average Bonchev–Trinajstić information content (AvgIpc) is 2.36. The number of carbonyl (C=O) groups is 2. The zero-order valence-corrected chi connectivity index (χ0v) is 10.1. The number of rotatable bonds is 6. The lowest BCUT2D eigenvalue weighted by atomic mass is 10.0. The normalized spacial score (nSPS) is 11.9. The van der Waals surface area contributed by atoms with Gasteiger partial charge < -0.3 is 9.84 Å². The van der Waals surface area contributed by atoms with Crippen molar-refractivity contribution in [2.45, 2.75) is 25.4 Å². The highest BCUT2D eigenvalue weighted by Gasteiger charge is 2.13. The maximum atomic E-state index is 12.6. The Hall–Kier alpha value is -1.75. The maximum Gasteiger partial charge on any atom is 0.308 e. The number of esters is 1. The molecule has 98 valence electrons. The second kappa shape index (κ2) is 6.86. The molecule has 5 heteroatoms. The Morgan fingerprint density at radius 3 is 2.50 bits per heavy atom. The molecule has 0 radical (unpaired) electrons. The number of ether oxygens (including phenoxy) is 1. The van der Waals surface area contributed by atoms with E-state index in [0.29, 0.717) is 5.56 Å². The van der Waals surface area contributed by atoms with E-state index in [4.69, 9.17) is 0 Å². The highest BCUT2D eigenvalue weighted by Crippen LogP contribution is 2.10. The third-order valence-electron chi connectivity index (χ3n) is 2.50. The summed E-state index contributed by atoms with van der Waals surface area (Å²) in [5.41, 5.74) is 0.390. The number of aliphatic hydroxyl groups is 1. The van der Waals surface area contributed by atoms with Crippen LogP contribution in [0.5, 0.6) is 0 Å². The van der Waals surface area contributed by atoms with Gasteiger partial charge in [0.05, 0.1) is 19.6 Å². The van der Waals surface area contributed by atoms with Crippen LogP contribution in [0.2, 0.25) is 0 Å². The topological polar surface area (TPSA) is 63.6 Å². The molecule has 4 nitrogen and oxygen atoms in total. The van der Waals surface area contributed by atoms with Gasteiger partial charge >= 0.3 is 5.97 Å². The van der Waals surface area contributed by atoms with Gasteiger partial charge in [-0.2, -0.15) is 0 Å². The highest BCUT2D eigenvalue weighted by atomic mass is 19.1. The van der Waals surface area contributed by atoms with E-state index < -0.39 is 17.9 Å². The van der Waals surface area contributed by atoms with Crippen LogP contribution in [0.15, 0.2) is 24.3 Å². The zero-order chi connectivity index (χ0) is 13.5. The predicted octanol–water partition coefficient (Wildman–Crippen LogP) is 1.71. The summed E-state index contributed by atoms with van der Waals surface area (Å²) in [4.78, 5) is 22.5. The number of aliphatic hydroxyl groups excluding tert-OH is 1. The molecule has 1 atom stereocenters. The summed E-state index contributed by atoms with van der Waals surface area (Å²) in [7, 11) is 1.23. The standard InChI is InChI=1S/C13H15FO4/c1-18-13(17)8-11(15)6-7-12(16)9-2-4-10(14)5-3-9/h2-5,11,15H,6-8H2,1H3. The van der Waals surface area contributed by atoms with Crippen LogP contribution in [-0.2, 0) is 9.53 Å². The monoisotopic (exact) mass is 254 g/mol. The fraction of sp³-hybridized carbons (Fsp3) is 0.385. The molecule has 0 bridgehead atoms. The highest BCUT2D eigenvalue weighted by molar-refractivity contribution is 5.96. The largest absolute Gasteiger partial charge is 0.469 e. The van der Waals surface area contributed by atoms with Crippen molar-refractivity contribution in [3.05, 3.63) is 35.6 Å². The van der Waals surface area contributed by atoms with Crippen LogP contribution in [0, 0.1) is 5.82 Å². The van der Waals surface area contributed by atoms with E-state index in [-0.39, 0.29) is 25.0 Å². The van der Waals surface area contributed by atoms with Gasteiger partial charge in [0, 0.05) is 12.0 Å². The van der Waals surface area contributed by atoms with Crippen LogP contribution >= 0.6 is 0 Å². The summed E-state index contributed by atoms with van der Waals surface area (Å²) >= 11 is 0. The van der Waals surface area contributed by atoms with Crippen LogP contribution in [0.3, 0.4) is 0 Å². The molecule has 0 heterocycles. The van der Waals surface area contributed by atoms with E-state index in [1.165, 1.54) is 31.4 Å². The van der Waals surface area contributed by atoms with E-state index in [0.717, 1.165) is 0 Å². The average molecular weight is 254 g/mol. The predicted molar refractivity (Wildman–Crippen MR) is 62.6 cm³/mol. The lowest BCUT2D eigenvalue weighted by Crippen LogP contribution is -2.16. The van der Waals surface area contributed by atoms with Crippen LogP contribution < -0.4 is 0 Å². The second-order valence-electron chi connectivity index (χ2n) is 3.90. The van der Waals surface area contributed by atoms with Crippen LogP contribution in [0.25, 0.3) is 0 Å². The molecule has 0 amide bonds. The molecule has 18 heavy (non-hydrogen) atoms. The molecule has 0 aliphatic heterocycles. The van der Waals surface area contributed by atoms with E-state index in [9.17, 15) is 19.1 Å². The van der Waals surface area contributed by atoms with E-state index >= 15 is 0 Å². The minimum absolute atomic E-state index is 0.101. The van der Waals surface area contributed by atoms with Gasteiger partial charge in [-0.05, 0) is 30.7 Å². The van der Waals surface area contributed by atoms with E-state index in [1.807, 2.05) is 0 Å². The Morgan fingerprint density at radius 1 is 1.33 bits per heavy atom. The number of methoxy groups -OCH3 is 1. The van der Waals surface area contributed by atoms with Gasteiger partial charge in [0.25, 0.3) is 0 Å². The summed E-state index contributed by atoms with van der Waals surface area (Å²) in [5, 5.41) is 9.48. The Kier molecular flexibility index (Phi) is 5.45. The molecule has 1 rings (SSSR count). The van der Waals surface area contributed by atoms with Gasteiger partial charge in [0.15, 0.2) is 5.78 Å². The van der Waals surface area contributed by atoms with Crippen molar-refractivity contribution in [1.29, 1.82) is 0 Å². The number of hydrogen-bond donors (Lipinski definition) is 1. The number of ketones is 1. The first-order chi connectivity index (χ1) is 8.52. The van der Waals surface area contributed by atoms with Crippen molar-refractivity contribution in [3.8, 4) is 0 Å². The molecule has 1 aromatic rings. The maximum absolute atomic E-state index is 12.6. The smallest absolute Gasteiger partial charge is 0.308 e. The molecular formula is C13H15FO4. The number of halogens is 1. The Labute approximate surface area is 104 Å². The van der Waals surface area contributed by atoms with Gasteiger partial charge in [-0.25, -0.2) is 4.39 Å². The first-order valence-corrected chi connectivity index (χ1v) is 5.56. The molecule has 0 spiro atoms. The molecule has 1 unspecified atom stereocenters. The first-order valence-electron chi connectivity index (χ1n) is 5.56. The van der Waals surface area contributed by atoms with Crippen LogP contribution in [0.1, 0.15) is 29.6 Å². The van der Waals surface area contributed by atoms with Gasteiger partial charge in [0.2, 0.25) is 0 Å². The molecule has 0 saturated heterocycles. The molecule has 1 aromatic carbocycles. The molecule has 0 aromatic heterocycles. The number of hydrogen-bond acceptors (Lipinski definition) is 4. The van der Waals surface area contributed by atoms with Crippen LogP contribution in [-0.4, -0.2) is 30.1 Å².